The van der Waals surface area contributed by atoms with Crippen LogP contribution in [0.2, 0.25) is 5.02 Å². The Morgan fingerprint density at radius 3 is 2.67 bits per heavy atom. The summed E-state index contributed by atoms with van der Waals surface area (Å²) in [5, 5.41) is 8.19. The van der Waals surface area contributed by atoms with E-state index in [4.69, 9.17) is 22.4 Å². The van der Waals surface area contributed by atoms with Gasteiger partial charge < -0.3 is 15.6 Å². The molecule has 1 unspecified atom stereocenters. The Kier molecular flexibility index (Phi) is 4.86. The molecule has 0 bridgehead atoms. The van der Waals surface area contributed by atoms with Gasteiger partial charge in [0.2, 0.25) is 0 Å². The molecule has 4 nitrogen and oxygen atoms in total. The Hall–Kier alpha value is -1.40. The van der Waals surface area contributed by atoms with Crippen LogP contribution in [0.25, 0.3) is 0 Å². The van der Waals surface area contributed by atoms with Gasteiger partial charge in [-0.05, 0) is 12.5 Å². The van der Waals surface area contributed by atoms with Gasteiger partial charge in [-0.2, -0.15) is 0 Å². The Morgan fingerprint density at radius 2 is 2.17 bits per heavy atom. The SMILES string of the molecule is COc1c(F)c(Cl)cc(C(N)CCC(=O)O)c1F. The molecule has 0 fully saturated rings. The first-order chi connectivity index (χ1) is 8.38. The molecule has 0 aromatic heterocycles. The third-order valence-corrected chi connectivity index (χ3v) is 2.69. The number of benzene rings is 1. The van der Waals surface area contributed by atoms with Gasteiger partial charge in [0.05, 0.1) is 12.1 Å². The van der Waals surface area contributed by atoms with Crippen LogP contribution in [0.1, 0.15) is 24.4 Å². The first-order valence-electron chi connectivity index (χ1n) is 5.07. The summed E-state index contributed by atoms with van der Waals surface area (Å²) in [6.07, 6.45) is -0.213. The van der Waals surface area contributed by atoms with Gasteiger partial charge in [0, 0.05) is 18.0 Å². The lowest BCUT2D eigenvalue weighted by Crippen LogP contribution is -2.15. The molecule has 0 radical (unpaired) electrons. The second-order valence-corrected chi connectivity index (χ2v) is 4.05. The molecule has 1 aromatic carbocycles. The fourth-order valence-electron chi connectivity index (χ4n) is 1.48. The topological polar surface area (TPSA) is 72.5 Å². The van der Waals surface area contributed by atoms with Crippen molar-refractivity contribution in [2.24, 2.45) is 5.73 Å². The van der Waals surface area contributed by atoms with Crippen LogP contribution >= 0.6 is 11.6 Å². The zero-order valence-electron chi connectivity index (χ0n) is 9.54. The number of methoxy groups -OCH3 is 1. The molecule has 0 aliphatic carbocycles. The number of hydrogen-bond acceptors (Lipinski definition) is 3. The Labute approximate surface area is 107 Å². The molecule has 0 saturated heterocycles. The molecule has 0 amide bonds. The highest BCUT2D eigenvalue weighted by atomic mass is 35.5. The standard InChI is InChI=1S/C11H12ClF2NO3/c1-18-11-9(13)5(4-6(12)10(11)14)7(15)2-3-8(16)17/h4,7H,2-3,15H2,1H3,(H,16,17). The molecule has 1 atom stereocenters. The molecular weight excluding hydrogens is 268 g/mol. The Balaban J connectivity index is 3.09. The van der Waals surface area contributed by atoms with Crippen LogP contribution < -0.4 is 10.5 Å². The van der Waals surface area contributed by atoms with E-state index >= 15 is 0 Å². The van der Waals surface area contributed by atoms with E-state index in [2.05, 4.69) is 4.74 Å². The van der Waals surface area contributed by atoms with Crippen molar-refractivity contribution in [3.05, 3.63) is 28.3 Å². The molecule has 100 valence electrons. The third kappa shape index (κ3) is 3.08. The van der Waals surface area contributed by atoms with E-state index in [0.29, 0.717) is 0 Å². The molecular formula is C11H12ClF2NO3. The summed E-state index contributed by atoms with van der Waals surface area (Å²) in [6.45, 7) is 0. The number of carboxylic acids is 1. The predicted molar refractivity (Wildman–Crippen MR) is 61.7 cm³/mol. The van der Waals surface area contributed by atoms with Gasteiger partial charge in [0.15, 0.2) is 17.4 Å². The van der Waals surface area contributed by atoms with Crippen LogP contribution in [-0.2, 0) is 4.79 Å². The second-order valence-electron chi connectivity index (χ2n) is 3.65. The van der Waals surface area contributed by atoms with Crippen molar-refractivity contribution in [1.82, 2.24) is 0 Å². The van der Waals surface area contributed by atoms with Crippen LogP contribution in [0.4, 0.5) is 8.78 Å². The summed E-state index contributed by atoms with van der Waals surface area (Å²) >= 11 is 5.58. The molecule has 0 aliphatic rings. The quantitative estimate of drug-likeness (QED) is 0.812. The van der Waals surface area contributed by atoms with Crippen LogP contribution in [0, 0.1) is 11.6 Å². The monoisotopic (exact) mass is 279 g/mol. The molecule has 0 heterocycles. The molecule has 0 saturated carbocycles. The van der Waals surface area contributed by atoms with Crippen LogP contribution in [0.15, 0.2) is 6.07 Å². The smallest absolute Gasteiger partial charge is 0.303 e. The second kappa shape index (κ2) is 5.97. The van der Waals surface area contributed by atoms with E-state index in [1.807, 2.05) is 0 Å². The fraction of sp³-hybridized carbons (Fsp3) is 0.364. The van der Waals surface area contributed by atoms with Gasteiger partial charge in [-0.15, -0.1) is 0 Å². The fourth-order valence-corrected chi connectivity index (χ4v) is 1.69. The van der Waals surface area contributed by atoms with Crippen molar-refractivity contribution in [3.63, 3.8) is 0 Å². The lowest BCUT2D eigenvalue weighted by atomic mass is 10.0. The maximum atomic E-state index is 13.8. The van der Waals surface area contributed by atoms with Crippen molar-refractivity contribution >= 4 is 17.6 Å². The number of nitrogens with two attached hydrogens (primary N) is 1. The summed E-state index contributed by atoms with van der Waals surface area (Å²) in [5.74, 6) is -3.64. The number of hydrogen-bond donors (Lipinski definition) is 2. The number of aliphatic carboxylic acids is 1. The molecule has 3 N–H and O–H groups in total. The highest BCUT2D eigenvalue weighted by molar-refractivity contribution is 6.31. The van der Waals surface area contributed by atoms with Crippen molar-refractivity contribution in [2.45, 2.75) is 18.9 Å². The van der Waals surface area contributed by atoms with Gasteiger partial charge in [-0.3, -0.25) is 4.79 Å². The maximum Gasteiger partial charge on any atom is 0.303 e. The van der Waals surface area contributed by atoms with E-state index in [1.165, 1.54) is 0 Å². The summed E-state index contributed by atoms with van der Waals surface area (Å²) in [5.41, 5.74) is 5.58. The zero-order valence-corrected chi connectivity index (χ0v) is 10.3. The molecule has 18 heavy (non-hydrogen) atoms. The van der Waals surface area contributed by atoms with Gasteiger partial charge in [-0.1, -0.05) is 11.6 Å². The van der Waals surface area contributed by atoms with Crippen molar-refractivity contribution in [1.29, 1.82) is 0 Å². The van der Waals surface area contributed by atoms with E-state index in [0.717, 1.165) is 13.2 Å². The summed E-state index contributed by atoms with van der Waals surface area (Å²) in [6, 6.07) is 0.148. The number of rotatable bonds is 5. The minimum Gasteiger partial charge on any atom is -0.491 e. The van der Waals surface area contributed by atoms with E-state index in [1.54, 1.807) is 0 Å². The third-order valence-electron chi connectivity index (χ3n) is 2.42. The zero-order chi connectivity index (χ0) is 13.9. The maximum absolute atomic E-state index is 13.8. The molecule has 0 spiro atoms. The Morgan fingerprint density at radius 1 is 1.56 bits per heavy atom. The summed E-state index contributed by atoms with van der Waals surface area (Å²) in [7, 11) is 1.10. The van der Waals surface area contributed by atoms with E-state index < -0.39 is 29.4 Å². The average Bonchev–Trinajstić information content (AvgIpc) is 2.31. The molecule has 1 aromatic rings. The first kappa shape index (κ1) is 14.7. The number of ether oxygens (including phenoxy) is 1. The van der Waals surface area contributed by atoms with Gasteiger partial charge in [-0.25, -0.2) is 8.78 Å². The summed E-state index contributed by atoms with van der Waals surface area (Å²) in [4.78, 5) is 10.4. The lowest BCUT2D eigenvalue weighted by molar-refractivity contribution is -0.137. The largest absolute Gasteiger partial charge is 0.491 e. The molecule has 1 rings (SSSR count). The summed E-state index contributed by atoms with van der Waals surface area (Å²) < 4.78 is 31.8. The molecule has 0 aliphatic heterocycles. The van der Waals surface area contributed by atoms with Crippen LogP contribution in [-0.4, -0.2) is 18.2 Å². The number of halogens is 3. The Bertz CT molecular complexity index is 468. The van der Waals surface area contributed by atoms with Crippen molar-refractivity contribution < 1.29 is 23.4 Å². The molecule has 7 heteroatoms. The van der Waals surface area contributed by atoms with Crippen LogP contribution in [0.3, 0.4) is 0 Å². The van der Waals surface area contributed by atoms with Gasteiger partial charge >= 0.3 is 5.97 Å². The highest BCUT2D eigenvalue weighted by Gasteiger charge is 2.22. The average molecular weight is 280 g/mol. The lowest BCUT2D eigenvalue weighted by Gasteiger charge is -2.15. The van der Waals surface area contributed by atoms with E-state index in [-0.39, 0.29) is 23.4 Å². The highest BCUT2D eigenvalue weighted by Crippen LogP contribution is 2.33. The predicted octanol–water partition coefficient (Wildman–Crippen LogP) is 2.49. The van der Waals surface area contributed by atoms with E-state index in [9.17, 15) is 13.6 Å². The number of carboxylic acid groups (broad SMARTS) is 1. The van der Waals surface area contributed by atoms with Crippen LogP contribution in [0.5, 0.6) is 5.75 Å². The minimum absolute atomic E-state index is 0.0113. The van der Waals surface area contributed by atoms with Gasteiger partial charge in [0.1, 0.15) is 0 Å². The van der Waals surface area contributed by atoms with Crippen molar-refractivity contribution in [2.75, 3.05) is 7.11 Å². The first-order valence-corrected chi connectivity index (χ1v) is 5.45. The normalized spacial score (nSPS) is 12.3. The van der Waals surface area contributed by atoms with Gasteiger partial charge in [0.25, 0.3) is 0 Å². The minimum atomic E-state index is -1.05. The number of carbonyl (C=O) groups is 1. The van der Waals surface area contributed by atoms with Crippen molar-refractivity contribution in [3.8, 4) is 5.75 Å².